The highest BCUT2D eigenvalue weighted by atomic mass is 16.6. The van der Waals surface area contributed by atoms with Crippen molar-refractivity contribution in [3.05, 3.63) is 52.6 Å². The van der Waals surface area contributed by atoms with Crippen LogP contribution in [-0.2, 0) is 18.2 Å². The van der Waals surface area contributed by atoms with Gasteiger partial charge in [0.15, 0.2) is 5.65 Å². The van der Waals surface area contributed by atoms with Gasteiger partial charge in [-0.15, -0.1) is 0 Å². The maximum Gasteiger partial charge on any atom is 0.414 e. The van der Waals surface area contributed by atoms with Crippen molar-refractivity contribution in [2.45, 2.75) is 32.8 Å². The average Bonchev–Trinajstić information content (AvgIpc) is 3.13. The van der Waals surface area contributed by atoms with Crippen LogP contribution in [0.1, 0.15) is 26.3 Å². The summed E-state index contributed by atoms with van der Waals surface area (Å²) in [5.74, 6) is 0. The Balaban J connectivity index is 1.75. The van der Waals surface area contributed by atoms with Crippen LogP contribution in [0.2, 0.25) is 0 Å². The third-order valence-corrected chi connectivity index (χ3v) is 4.65. The summed E-state index contributed by atoms with van der Waals surface area (Å²) in [4.78, 5) is 31.2. The van der Waals surface area contributed by atoms with Crippen molar-refractivity contribution in [2.24, 2.45) is 7.05 Å². The van der Waals surface area contributed by atoms with Gasteiger partial charge in [0.05, 0.1) is 16.9 Å². The predicted molar refractivity (Wildman–Crippen MR) is 104 cm³/mol. The number of imidazole rings is 1. The smallest absolute Gasteiger partial charge is 0.414 e. The first-order valence-corrected chi connectivity index (χ1v) is 8.92. The van der Waals surface area contributed by atoms with Crippen LogP contribution in [0.5, 0.6) is 0 Å². The first-order chi connectivity index (χ1) is 12.8. The number of amides is 1. The molecule has 2 aromatic heterocycles. The third-order valence-electron chi connectivity index (χ3n) is 4.65. The highest BCUT2D eigenvalue weighted by Gasteiger charge is 2.29. The van der Waals surface area contributed by atoms with E-state index in [-0.39, 0.29) is 11.8 Å². The molecule has 0 atom stereocenters. The van der Waals surface area contributed by atoms with Crippen molar-refractivity contribution in [1.29, 1.82) is 0 Å². The van der Waals surface area contributed by atoms with Crippen molar-refractivity contribution in [1.82, 2.24) is 14.1 Å². The molecule has 4 rings (SSSR count). The third kappa shape index (κ3) is 2.89. The summed E-state index contributed by atoms with van der Waals surface area (Å²) >= 11 is 0. The fraction of sp³-hybridized carbons (Fsp3) is 0.350. The molecule has 1 aromatic carbocycles. The van der Waals surface area contributed by atoms with Crippen LogP contribution in [0.25, 0.3) is 16.9 Å². The highest BCUT2D eigenvalue weighted by molar-refractivity contribution is 5.91. The van der Waals surface area contributed by atoms with Crippen molar-refractivity contribution < 1.29 is 9.53 Å². The molecule has 0 radical (unpaired) electrons. The van der Waals surface area contributed by atoms with Gasteiger partial charge in [-0.3, -0.25) is 9.47 Å². The lowest BCUT2D eigenvalue weighted by atomic mass is 10.1. The van der Waals surface area contributed by atoms with Crippen LogP contribution in [0.4, 0.5) is 10.5 Å². The fourth-order valence-corrected chi connectivity index (χ4v) is 3.43. The van der Waals surface area contributed by atoms with E-state index in [4.69, 9.17) is 4.74 Å². The van der Waals surface area contributed by atoms with Gasteiger partial charge in [-0.2, -0.15) is 0 Å². The highest BCUT2D eigenvalue weighted by Crippen LogP contribution is 2.31. The fourth-order valence-electron chi connectivity index (χ4n) is 3.43. The summed E-state index contributed by atoms with van der Waals surface area (Å²) in [6, 6.07) is 9.35. The topological polar surface area (TPSA) is 69.4 Å². The van der Waals surface area contributed by atoms with Crippen molar-refractivity contribution in [2.75, 3.05) is 11.4 Å². The summed E-state index contributed by atoms with van der Waals surface area (Å²) < 4.78 is 8.68. The van der Waals surface area contributed by atoms with E-state index in [1.54, 1.807) is 27.3 Å². The van der Waals surface area contributed by atoms with Crippen molar-refractivity contribution in [3.8, 4) is 5.69 Å². The average molecular weight is 366 g/mol. The molecule has 0 unspecified atom stereocenters. The number of carbonyl (C=O) groups is 1. The van der Waals surface area contributed by atoms with Gasteiger partial charge in [-0.25, -0.2) is 19.1 Å². The monoisotopic (exact) mass is 366 g/mol. The Labute approximate surface area is 156 Å². The molecule has 3 aromatic rings. The molecule has 0 bridgehead atoms. The van der Waals surface area contributed by atoms with Gasteiger partial charge in [-0.1, -0.05) is 0 Å². The Morgan fingerprint density at radius 3 is 2.74 bits per heavy atom. The lowest BCUT2D eigenvalue weighted by Crippen LogP contribution is -2.35. The van der Waals surface area contributed by atoms with Crippen molar-refractivity contribution in [3.63, 3.8) is 0 Å². The van der Waals surface area contributed by atoms with Gasteiger partial charge < -0.3 is 4.74 Å². The minimum atomic E-state index is -0.540. The second kappa shape index (κ2) is 5.97. The molecular formula is C20H22N4O3. The SMILES string of the molecule is Cn1c(=O)n(-c2ccc3c(c2)CCN3C(=O)OC(C)(C)C)c2ncccc21. The summed E-state index contributed by atoms with van der Waals surface area (Å²) in [5.41, 5.74) is 3.29. The largest absolute Gasteiger partial charge is 0.443 e. The molecular weight excluding hydrogens is 344 g/mol. The number of pyridine rings is 1. The number of anilines is 1. The zero-order valence-corrected chi connectivity index (χ0v) is 15.9. The number of nitrogens with zero attached hydrogens (tertiary/aromatic N) is 4. The molecule has 1 aliphatic rings. The predicted octanol–water partition coefficient (Wildman–Crippen LogP) is 3.02. The maximum absolute atomic E-state index is 12.7. The first kappa shape index (κ1) is 17.3. The Bertz CT molecular complexity index is 1100. The van der Waals surface area contributed by atoms with E-state index in [9.17, 15) is 9.59 Å². The molecule has 0 saturated heterocycles. The lowest BCUT2D eigenvalue weighted by Gasteiger charge is -2.24. The van der Waals surface area contributed by atoms with Gasteiger partial charge in [0, 0.05) is 19.8 Å². The Morgan fingerprint density at radius 1 is 1.22 bits per heavy atom. The number of aromatic nitrogens is 3. The van der Waals surface area contributed by atoms with E-state index in [1.807, 2.05) is 51.1 Å². The molecule has 1 amide bonds. The Morgan fingerprint density at radius 2 is 2.00 bits per heavy atom. The van der Waals surface area contributed by atoms with E-state index >= 15 is 0 Å². The second-order valence-electron chi connectivity index (χ2n) is 7.72. The number of hydrogen-bond donors (Lipinski definition) is 0. The van der Waals surface area contributed by atoms with Crippen molar-refractivity contribution >= 4 is 22.9 Å². The van der Waals surface area contributed by atoms with Gasteiger partial charge in [0.2, 0.25) is 0 Å². The summed E-state index contributed by atoms with van der Waals surface area (Å²) in [5, 5.41) is 0. The number of aryl methyl sites for hydroxylation is 1. The van der Waals surface area contributed by atoms with Gasteiger partial charge >= 0.3 is 11.8 Å². The van der Waals surface area contributed by atoms with Crippen LogP contribution in [0, 0.1) is 0 Å². The summed E-state index contributed by atoms with van der Waals surface area (Å²) in [6.45, 7) is 6.12. The lowest BCUT2D eigenvalue weighted by molar-refractivity contribution is 0.0584. The standard InChI is InChI=1S/C20H22N4O3/c1-20(2,3)27-19(26)23-11-9-13-12-14(7-8-15(13)23)24-17-16(6-5-10-21-17)22(4)18(24)25/h5-8,10,12H,9,11H2,1-4H3. The minimum Gasteiger partial charge on any atom is -0.443 e. The molecule has 0 saturated carbocycles. The molecule has 0 N–H and O–H groups in total. The summed E-state index contributed by atoms with van der Waals surface area (Å²) in [6.07, 6.45) is 2.05. The van der Waals surface area contributed by atoms with Crippen LogP contribution in [-0.4, -0.2) is 32.4 Å². The number of carbonyl (C=O) groups excluding carboxylic acids is 1. The van der Waals surface area contributed by atoms with Crippen LogP contribution >= 0.6 is 0 Å². The number of fused-ring (bicyclic) bond motifs is 2. The minimum absolute atomic E-state index is 0.148. The van der Waals surface area contributed by atoms with Crippen LogP contribution in [0.15, 0.2) is 41.3 Å². The van der Waals surface area contributed by atoms with Gasteiger partial charge in [0.1, 0.15) is 5.60 Å². The Hall–Kier alpha value is -3.09. The molecule has 3 heterocycles. The number of hydrogen-bond acceptors (Lipinski definition) is 4. The number of rotatable bonds is 1. The molecule has 0 aliphatic carbocycles. The molecule has 27 heavy (non-hydrogen) atoms. The van der Waals surface area contributed by atoms with Gasteiger partial charge in [-0.05, 0) is 63.1 Å². The number of ether oxygens (including phenoxy) is 1. The second-order valence-corrected chi connectivity index (χ2v) is 7.72. The zero-order valence-electron chi connectivity index (χ0n) is 15.9. The molecule has 140 valence electrons. The van der Waals surface area contributed by atoms with Crippen LogP contribution in [0.3, 0.4) is 0 Å². The molecule has 1 aliphatic heterocycles. The summed E-state index contributed by atoms with van der Waals surface area (Å²) in [7, 11) is 1.74. The van der Waals surface area contributed by atoms with E-state index in [1.165, 1.54) is 0 Å². The van der Waals surface area contributed by atoms with Crippen LogP contribution < -0.4 is 10.6 Å². The molecule has 7 nitrogen and oxygen atoms in total. The molecule has 0 spiro atoms. The normalized spacial score (nSPS) is 13.9. The number of benzene rings is 1. The van der Waals surface area contributed by atoms with E-state index < -0.39 is 5.60 Å². The first-order valence-electron chi connectivity index (χ1n) is 8.92. The van der Waals surface area contributed by atoms with E-state index in [0.717, 1.165) is 28.9 Å². The van der Waals surface area contributed by atoms with E-state index in [0.29, 0.717) is 12.2 Å². The van der Waals surface area contributed by atoms with E-state index in [2.05, 4.69) is 4.98 Å². The maximum atomic E-state index is 12.7. The van der Waals surface area contributed by atoms with Gasteiger partial charge in [0.25, 0.3) is 0 Å². The molecule has 0 fully saturated rings. The molecule has 7 heteroatoms. The zero-order chi connectivity index (χ0) is 19.3. The quantitative estimate of drug-likeness (QED) is 0.664. The Kier molecular flexibility index (Phi) is 3.83.